The molecule has 0 aliphatic heterocycles. The van der Waals surface area contributed by atoms with E-state index in [0.29, 0.717) is 23.9 Å². The molecule has 0 aromatic rings. The maximum atomic E-state index is 13.0. The number of hydrogen-bond acceptors (Lipinski definition) is 8. The van der Waals surface area contributed by atoms with Crippen molar-refractivity contribution in [1.82, 2.24) is 0 Å². The number of quaternary nitrogens is 1. The molecule has 2 unspecified atom stereocenters. The third-order valence-electron chi connectivity index (χ3n) is 17.9. The summed E-state index contributed by atoms with van der Waals surface area (Å²) >= 11 is 0. The molecular weight excluding hydrogens is 1220 g/mol. The van der Waals surface area contributed by atoms with Crippen LogP contribution in [0.25, 0.3) is 0 Å². The largest absolute Gasteiger partial charge is 0.545 e. The first-order chi connectivity index (χ1) is 48.6. The predicted octanol–water partition coefficient (Wildman–Crippen LogP) is 25.5. The number of likely N-dealkylation sites (N-methyl/N-ethyl adjacent to an activating group) is 1. The molecule has 99 heavy (non-hydrogen) atoms. The first-order valence-corrected chi connectivity index (χ1v) is 41.3. The minimum absolute atomic E-state index is 0.146. The van der Waals surface area contributed by atoms with Crippen LogP contribution in [0.4, 0.5) is 0 Å². The van der Waals surface area contributed by atoms with Crippen molar-refractivity contribution in [3.8, 4) is 0 Å². The molecule has 0 fully saturated rings. The van der Waals surface area contributed by atoms with Crippen molar-refractivity contribution in [3.05, 3.63) is 134 Å². The summed E-state index contributed by atoms with van der Waals surface area (Å²) in [6.07, 6.45) is 112. The molecule has 0 spiro atoms. The van der Waals surface area contributed by atoms with Gasteiger partial charge in [0.2, 0.25) is 0 Å². The van der Waals surface area contributed by atoms with Gasteiger partial charge in [-0.1, -0.05) is 372 Å². The summed E-state index contributed by atoms with van der Waals surface area (Å²) in [6, 6.07) is 0. The number of esters is 2. The lowest BCUT2D eigenvalue weighted by Gasteiger charge is -2.26. The van der Waals surface area contributed by atoms with E-state index in [-0.39, 0.29) is 32.2 Å². The number of aliphatic carboxylic acids is 1. The molecule has 0 rings (SSSR count). The van der Waals surface area contributed by atoms with Gasteiger partial charge in [0.15, 0.2) is 12.4 Å². The van der Waals surface area contributed by atoms with Gasteiger partial charge in [0.05, 0.1) is 40.3 Å². The van der Waals surface area contributed by atoms with E-state index in [1.807, 2.05) is 21.1 Å². The fourth-order valence-electron chi connectivity index (χ4n) is 11.7. The number of nitrogens with zero attached hydrogens (tertiary/aromatic N) is 1. The zero-order valence-corrected chi connectivity index (χ0v) is 65.1. The first kappa shape index (κ1) is 94.4. The van der Waals surface area contributed by atoms with Gasteiger partial charge >= 0.3 is 11.9 Å². The molecular formula is C90H155NO8. The van der Waals surface area contributed by atoms with E-state index in [1.54, 1.807) is 0 Å². The van der Waals surface area contributed by atoms with Gasteiger partial charge in [0.25, 0.3) is 0 Å². The number of hydrogen-bond donors (Lipinski definition) is 0. The molecule has 0 aromatic carbocycles. The highest BCUT2D eigenvalue weighted by molar-refractivity contribution is 5.70. The first-order valence-electron chi connectivity index (χ1n) is 41.3. The van der Waals surface area contributed by atoms with Gasteiger partial charge < -0.3 is 33.3 Å². The maximum absolute atomic E-state index is 13.0. The van der Waals surface area contributed by atoms with Crippen molar-refractivity contribution in [2.45, 2.75) is 373 Å². The summed E-state index contributed by atoms with van der Waals surface area (Å²) in [5.41, 5.74) is 0. The number of allylic oxidation sites excluding steroid dienone is 22. The SMILES string of the molecule is CC/C=C\C/C=C\C/C=C\C/C=C\C/C=C\C/C=C\C/C=C\CCCCCCCCCCCCCCCCCCCC(=O)OC(COC(=O)CCCCCCCCCCCCCCCCCCCCCCCC/C=C\C/C=C\C/C=C\C/C=C\CC)COC(OCC[N+](C)(C)C)C(=O)[O-]. The van der Waals surface area contributed by atoms with E-state index in [4.69, 9.17) is 18.9 Å². The van der Waals surface area contributed by atoms with Gasteiger partial charge in [0, 0.05) is 12.8 Å². The van der Waals surface area contributed by atoms with Gasteiger partial charge in [-0.2, -0.15) is 0 Å². The lowest BCUT2D eigenvalue weighted by atomic mass is 10.0. The smallest absolute Gasteiger partial charge is 0.306 e. The number of carboxylic acid groups (broad SMARTS) is 1. The lowest BCUT2D eigenvalue weighted by Crippen LogP contribution is -2.44. The van der Waals surface area contributed by atoms with E-state index >= 15 is 0 Å². The molecule has 0 N–H and O–H groups in total. The predicted molar refractivity (Wildman–Crippen MR) is 426 cm³/mol. The van der Waals surface area contributed by atoms with Crippen molar-refractivity contribution < 1.29 is 42.9 Å². The highest BCUT2D eigenvalue weighted by Crippen LogP contribution is 2.19. The maximum Gasteiger partial charge on any atom is 0.306 e. The highest BCUT2D eigenvalue weighted by atomic mass is 16.7. The van der Waals surface area contributed by atoms with Gasteiger partial charge in [-0.15, -0.1) is 0 Å². The Kier molecular flexibility index (Phi) is 75.5. The zero-order chi connectivity index (χ0) is 71.8. The average molecular weight is 1380 g/mol. The Morgan fingerprint density at radius 3 is 0.808 bits per heavy atom. The second-order valence-corrected chi connectivity index (χ2v) is 28.7. The molecule has 2 atom stereocenters. The molecule has 0 radical (unpaired) electrons. The third-order valence-corrected chi connectivity index (χ3v) is 17.9. The van der Waals surface area contributed by atoms with Crippen LogP contribution in [0.2, 0.25) is 0 Å². The Balaban J connectivity index is 4.00. The number of unbranched alkanes of at least 4 members (excludes halogenated alkanes) is 39. The molecule has 0 amide bonds. The summed E-state index contributed by atoms with van der Waals surface area (Å²) < 4.78 is 22.9. The van der Waals surface area contributed by atoms with E-state index in [9.17, 15) is 19.5 Å². The Bertz CT molecular complexity index is 2100. The van der Waals surface area contributed by atoms with Crippen molar-refractivity contribution >= 4 is 17.9 Å². The number of carbonyl (C=O) groups is 3. The second-order valence-electron chi connectivity index (χ2n) is 28.7. The molecule has 9 nitrogen and oxygen atoms in total. The van der Waals surface area contributed by atoms with Crippen LogP contribution >= 0.6 is 0 Å². The molecule has 568 valence electrons. The monoisotopic (exact) mass is 1380 g/mol. The van der Waals surface area contributed by atoms with Gasteiger partial charge in [-0.25, -0.2) is 0 Å². The van der Waals surface area contributed by atoms with Gasteiger partial charge in [-0.3, -0.25) is 9.59 Å². The van der Waals surface area contributed by atoms with Crippen LogP contribution in [0.3, 0.4) is 0 Å². The molecule has 0 saturated carbocycles. The van der Waals surface area contributed by atoms with Crippen molar-refractivity contribution in [3.63, 3.8) is 0 Å². The van der Waals surface area contributed by atoms with E-state index in [0.717, 1.165) is 109 Å². The van der Waals surface area contributed by atoms with Crippen LogP contribution < -0.4 is 5.11 Å². The third kappa shape index (κ3) is 80.6. The quantitative estimate of drug-likeness (QED) is 0.0195. The van der Waals surface area contributed by atoms with Crippen LogP contribution in [-0.2, 0) is 33.3 Å². The Labute approximate surface area is 611 Å². The Morgan fingerprint density at radius 2 is 0.545 bits per heavy atom. The molecule has 0 heterocycles. The highest BCUT2D eigenvalue weighted by Gasteiger charge is 2.22. The van der Waals surface area contributed by atoms with Crippen LogP contribution in [-0.4, -0.2) is 82.3 Å². The Hall–Kier alpha value is -4.57. The molecule has 9 heteroatoms. The molecule has 0 saturated heterocycles. The molecule has 0 bridgehead atoms. The number of rotatable bonds is 76. The summed E-state index contributed by atoms with van der Waals surface area (Å²) in [5, 5.41) is 11.9. The van der Waals surface area contributed by atoms with E-state index in [2.05, 4.69) is 148 Å². The Morgan fingerprint density at radius 1 is 0.303 bits per heavy atom. The summed E-state index contributed by atoms with van der Waals surface area (Å²) in [5.74, 6) is -2.27. The number of carbonyl (C=O) groups excluding carboxylic acids is 3. The second kappa shape index (κ2) is 79.1. The topological polar surface area (TPSA) is 111 Å². The van der Waals surface area contributed by atoms with Crippen molar-refractivity contribution in [2.24, 2.45) is 0 Å². The molecule has 0 aliphatic rings. The normalized spacial score (nSPS) is 13.3. The fourth-order valence-corrected chi connectivity index (χ4v) is 11.7. The van der Waals surface area contributed by atoms with Gasteiger partial charge in [0.1, 0.15) is 13.2 Å². The van der Waals surface area contributed by atoms with E-state index in [1.165, 1.54) is 218 Å². The summed E-state index contributed by atoms with van der Waals surface area (Å²) in [7, 11) is 5.94. The number of carboxylic acids is 1. The standard InChI is InChI=1S/C90H155NO8/c1-6-8-10-12-14-16-18-20-22-24-26-28-30-32-34-36-38-40-42-43-44-45-47-49-51-53-55-57-59-61-63-65-67-69-71-73-75-77-79-81-88(93)99-86(85-98-90(89(94)95)96-83-82-91(3,4)5)84-97-87(92)80-78-76-74-72-70-68-66-64-62-60-58-56-54-52-50-48-46-41-39-37-35-33-31-29-27-25-23-21-19-17-15-13-11-9-7-2/h8-11,14-17,20-23,26-29,32,34,38,40,43-44,86,90H,6-7,12-13,18-19,24-25,30-31,33,35-37,39,41-42,45-85H2,1-5H3/b10-8-,11-9-,16-14-,17-15-,22-20-,23-21-,28-26-,29-27-,34-32-,40-38-,44-43-. The van der Waals surface area contributed by atoms with E-state index < -0.39 is 24.3 Å². The van der Waals surface area contributed by atoms with Crippen LogP contribution in [0.5, 0.6) is 0 Å². The van der Waals surface area contributed by atoms with Crippen LogP contribution in [0.15, 0.2) is 134 Å². The lowest BCUT2D eigenvalue weighted by molar-refractivity contribution is -0.870. The molecule has 0 aliphatic carbocycles. The minimum atomic E-state index is -1.63. The van der Waals surface area contributed by atoms with Crippen molar-refractivity contribution in [2.75, 3.05) is 47.5 Å². The summed E-state index contributed by atoms with van der Waals surface area (Å²) in [4.78, 5) is 37.6. The minimum Gasteiger partial charge on any atom is -0.545 e. The molecule has 0 aromatic heterocycles. The van der Waals surface area contributed by atoms with Crippen molar-refractivity contribution in [1.29, 1.82) is 0 Å². The number of ether oxygens (including phenoxy) is 4. The fraction of sp³-hybridized carbons (Fsp3) is 0.722. The zero-order valence-electron chi connectivity index (χ0n) is 65.1. The average Bonchev–Trinajstić information content (AvgIpc) is 1.14. The van der Waals surface area contributed by atoms with Gasteiger partial charge in [-0.05, 0) is 109 Å². The van der Waals surface area contributed by atoms with Crippen LogP contribution in [0.1, 0.15) is 361 Å². The van der Waals surface area contributed by atoms with Crippen LogP contribution in [0, 0.1) is 0 Å². The summed E-state index contributed by atoms with van der Waals surface area (Å²) in [6.45, 7) is 4.56.